The van der Waals surface area contributed by atoms with Gasteiger partial charge in [-0.25, -0.2) is 4.68 Å². The molecular formula is C16H12BrClN2O2. The van der Waals surface area contributed by atoms with E-state index in [0.29, 0.717) is 10.9 Å². The molecule has 4 nitrogen and oxygen atoms in total. The van der Waals surface area contributed by atoms with E-state index in [0.717, 1.165) is 26.6 Å². The van der Waals surface area contributed by atoms with Crippen molar-refractivity contribution in [2.24, 2.45) is 0 Å². The van der Waals surface area contributed by atoms with E-state index in [9.17, 15) is 4.79 Å². The maximum atomic E-state index is 11.1. The molecule has 0 saturated heterocycles. The van der Waals surface area contributed by atoms with E-state index < -0.39 is 0 Å². The zero-order valence-corrected chi connectivity index (χ0v) is 14.3. The first kappa shape index (κ1) is 15.1. The normalized spacial score (nSPS) is 10.9. The topological polar surface area (TPSA) is 44.1 Å². The van der Waals surface area contributed by atoms with E-state index in [1.54, 1.807) is 22.9 Å². The molecule has 1 heterocycles. The zero-order valence-electron chi connectivity index (χ0n) is 11.9. The van der Waals surface area contributed by atoms with Crippen molar-refractivity contribution in [2.75, 3.05) is 0 Å². The van der Waals surface area contributed by atoms with Crippen molar-refractivity contribution in [1.82, 2.24) is 9.78 Å². The number of esters is 1. The van der Waals surface area contributed by atoms with E-state index in [4.69, 9.17) is 16.3 Å². The van der Waals surface area contributed by atoms with E-state index in [2.05, 4.69) is 21.0 Å². The van der Waals surface area contributed by atoms with Gasteiger partial charge in [0.05, 0.1) is 11.2 Å². The summed E-state index contributed by atoms with van der Waals surface area (Å²) in [5.41, 5.74) is 2.69. The summed E-state index contributed by atoms with van der Waals surface area (Å²) in [6.07, 6.45) is 0. The lowest BCUT2D eigenvalue weighted by atomic mass is 10.2. The van der Waals surface area contributed by atoms with Crippen LogP contribution in [0.2, 0.25) is 5.15 Å². The Bertz CT molecular complexity index is 889. The fourth-order valence-corrected chi connectivity index (χ4v) is 3.03. The second-order valence-corrected chi connectivity index (χ2v) is 6.18. The van der Waals surface area contributed by atoms with Crippen molar-refractivity contribution in [3.8, 4) is 11.4 Å². The Morgan fingerprint density at radius 3 is 2.73 bits per heavy atom. The Hall–Kier alpha value is -1.85. The van der Waals surface area contributed by atoms with E-state index >= 15 is 0 Å². The maximum Gasteiger partial charge on any atom is 0.308 e. The van der Waals surface area contributed by atoms with Crippen molar-refractivity contribution >= 4 is 44.4 Å². The predicted octanol–water partition coefficient (Wildman–Crippen LogP) is 4.68. The first-order chi connectivity index (χ1) is 10.5. The molecule has 0 N–H and O–H groups in total. The molecular weight excluding hydrogens is 368 g/mol. The molecule has 0 unspecified atom stereocenters. The minimum Gasteiger partial charge on any atom is -0.427 e. The molecule has 0 aliphatic heterocycles. The molecule has 0 saturated carbocycles. The van der Waals surface area contributed by atoms with Crippen molar-refractivity contribution in [3.63, 3.8) is 0 Å². The zero-order chi connectivity index (χ0) is 15.9. The highest BCUT2D eigenvalue weighted by atomic mass is 79.9. The Kier molecular flexibility index (Phi) is 3.93. The number of hydrogen-bond acceptors (Lipinski definition) is 3. The van der Waals surface area contributed by atoms with Gasteiger partial charge < -0.3 is 4.74 Å². The lowest BCUT2D eigenvalue weighted by Crippen LogP contribution is -2.00. The highest BCUT2D eigenvalue weighted by Crippen LogP contribution is 2.31. The summed E-state index contributed by atoms with van der Waals surface area (Å²) in [7, 11) is 0. The second kappa shape index (κ2) is 5.74. The minimum absolute atomic E-state index is 0.369. The van der Waals surface area contributed by atoms with Gasteiger partial charge in [-0.2, -0.15) is 5.10 Å². The number of hydrogen-bond donors (Lipinski definition) is 0. The van der Waals surface area contributed by atoms with Gasteiger partial charge in [-0.1, -0.05) is 27.5 Å². The summed E-state index contributed by atoms with van der Waals surface area (Å²) < 4.78 is 7.78. The number of fused-ring (bicyclic) bond motifs is 1. The molecule has 0 aliphatic carbocycles. The van der Waals surface area contributed by atoms with Crippen LogP contribution in [0.1, 0.15) is 12.5 Å². The van der Waals surface area contributed by atoms with E-state index in [1.807, 2.05) is 25.1 Å². The molecule has 1 aromatic heterocycles. The summed E-state index contributed by atoms with van der Waals surface area (Å²) in [4.78, 5) is 11.1. The lowest BCUT2D eigenvalue weighted by molar-refractivity contribution is -0.131. The van der Waals surface area contributed by atoms with Gasteiger partial charge in [-0.05, 0) is 48.9 Å². The van der Waals surface area contributed by atoms with Crippen LogP contribution in [-0.4, -0.2) is 15.7 Å². The maximum absolute atomic E-state index is 11.1. The fourth-order valence-electron chi connectivity index (χ4n) is 2.28. The van der Waals surface area contributed by atoms with Crippen LogP contribution >= 0.6 is 27.5 Å². The smallest absolute Gasteiger partial charge is 0.308 e. The van der Waals surface area contributed by atoms with E-state index in [1.165, 1.54) is 6.92 Å². The summed E-state index contributed by atoms with van der Waals surface area (Å²) in [6.45, 7) is 3.35. The van der Waals surface area contributed by atoms with Crippen LogP contribution in [0, 0.1) is 6.92 Å². The third kappa shape index (κ3) is 2.74. The van der Waals surface area contributed by atoms with Crippen LogP contribution in [0.15, 0.2) is 40.9 Å². The molecule has 0 radical (unpaired) electrons. The molecule has 0 atom stereocenters. The van der Waals surface area contributed by atoms with Crippen molar-refractivity contribution in [1.29, 1.82) is 0 Å². The number of carbonyl (C=O) groups is 1. The third-order valence-corrected chi connectivity index (χ3v) is 4.09. The number of nitrogens with zero attached hydrogens (tertiary/aromatic N) is 2. The third-order valence-electron chi connectivity index (χ3n) is 3.23. The molecule has 3 aromatic rings. The molecule has 6 heteroatoms. The molecule has 0 amide bonds. The largest absolute Gasteiger partial charge is 0.427 e. The summed E-state index contributed by atoms with van der Waals surface area (Å²) in [5, 5.41) is 5.74. The van der Waals surface area contributed by atoms with E-state index in [-0.39, 0.29) is 5.97 Å². The predicted molar refractivity (Wildman–Crippen MR) is 89.8 cm³/mol. The molecule has 0 spiro atoms. The number of halogens is 2. The number of aromatic nitrogens is 2. The van der Waals surface area contributed by atoms with Crippen molar-refractivity contribution in [3.05, 3.63) is 51.6 Å². The van der Waals surface area contributed by atoms with Gasteiger partial charge in [0.2, 0.25) is 0 Å². The Balaban J connectivity index is 2.15. The Labute approximate surface area is 140 Å². The Morgan fingerprint density at radius 1 is 1.27 bits per heavy atom. The second-order valence-electron chi connectivity index (χ2n) is 4.91. The molecule has 2 aromatic carbocycles. The molecule has 3 rings (SSSR count). The SMILES string of the molecule is CC(=O)Oc1ccc2nn(-c3ccc(Br)cc3C)c(Cl)c2c1. The van der Waals surface area contributed by atoms with Crippen molar-refractivity contribution < 1.29 is 9.53 Å². The van der Waals surface area contributed by atoms with Gasteiger partial charge in [0.1, 0.15) is 10.9 Å². The van der Waals surface area contributed by atoms with Crippen molar-refractivity contribution in [2.45, 2.75) is 13.8 Å². The molecule has 22 heavy (non-hydrogen) atoms. The number of aryl methyl sites for hydroxylation is 1. The first-order valence-corrected chi connectivity index (χ1v) is 7.76. The number of benzene rings is 2. The van der Waals surface area contributed by atoms with Gasteiger partial charge in [0.15, 0.2) is 0 Å². The number of rotatable bonds is 2. The monoisotopic (exact) mass is 378 g/mol. The average molecular weight is 380 g/mol. The van der Waals surface area contributed by atoms with Gasteiger partial charge in [0.25, 0.3) is 0 Å². The van der Waals surface area contributed by atoms with Crippen LogP contribution < -0.4 is 4.74 Å². The standard InChI is InChI=1S/C16H12BrClN2O2/c1-9-7-11(17)3-6-15(9)20-16(18)13-8-12(22-10(2)21)4-5-14(13)19-20/h3-8H,1-2H3. The first-order valence-electron chi connectivity index (χ1n) is 6.59. The van der Waals surface area contributed by atoms with Gasteiger partial charge in [-0.15, -0.1) is 0 Å². The van der Waals surface area contributed by atoms with Crippen LogP contribution in [0.4, 0.5) is 0 Å². The van der Waals surface area contributed by atoms with Crippen LogP contribution in [-0.2, 0) is 4.79 Å². The van der Waals surface area contributed by atoms with Gasteiger partial charge in [-0.3, -0.25) is 4.79 Å². The summed E-state index contributed by atoms with van der Waals surface area (Å²) in [5.74, 6) is 0.0839. The molecule has 0 bridgehead atoms. The van der Waals surface area contributed by atoms with Crippen LogP contribution in [0.25, 0.3) is 16.6 Å². The lowest BCUT2D eigenvalue weighted by Gasteiger charge is -2.07. The molecule has 112 valence electrons. The number of ether oxygens (including phenoxy) is 1. The van der Waals surface area contributed by atoms with Gasteiger partial charge in [0, 0.05) is 16.8 Å². The highest BCUT2D eigenvalue weighted by molar-refractivity contribution is 9.10. The molecule has 0 fully saturated rings. The van der Waals surface area contributed by atoms with Crippen LogP contribution in [0.3, 0.4) is 0 Å². The van der Waals surface area contributed by atoms with Crippen LogP contribution in [0.5, 0.6) is 5.75 Å². The highest BCUT2D eigenvalue weighted by Gasteiger charge is 2.14. The average Bonchev–Trinajstić information content (AvgIpc) is 2.75. The quantitative estimate of drug-likeness (QED) is 0.480. The molecule has 0 aliphatic rings. The summed E-state index contributed by atoms with van der Waals surface area (Å²) >= 11 is 9.90. The Morgan fingerprint density at radius 2 is 2.05 bits per heavy atom. The summed E-state index contributed by atoms with van der Waals surface area (Å²) in [6, 6.07) is 11.1. The van der Waals surface area contributed by atoms with Gasteiger partial charge >= 0.3 is 5.97 Å². The fraction of sp³-hybridized carbons (Fsp3) is 0.125. The number of carbonyl (C=O) groups excluding carboxylic acids is 1. The minimum atomic E-state index is -0.369.